The second-order valence-corrected chi connectivity index (χ2v) is 6.35. The zero-order chi connectivity index (χ0) is 11.2. The first-order chi connectivity index (χ1) is 7.84. The molecule has 1 nitrogen and oxygen atoms in total. The molecule has 1 heterocycles. The molecule has 0 aromatic heterocycles. The van der Waals surface area contributed by atoms with E-state index in [0.29, 0.717) is 0 Å². The van der Waals surface area contributed by atoms with Crippen molar-refractivity contribution >= 4 is 27.7 Å². The Morgan fingerprint density at radius 3 is 2.88 bits per heavy atom. The number of allylic oxidation sites excluding steroid dienone is 5. The fourth-order valence-electron chi connectivity index (χ4n) is 1.98. The van der Waals surface area contributed by atoms with Crippen LogP contribution in [-0.4, -0.2) is 36.0 Å². The first kappa shape index (κ1) is 12.5. The van der Waals surface area contributed by atoms with E-state index in [-0.39, 0.29) is 0 Å². The Kier molecular flexibility index (Phi) is 5.20. The number of hydrogen-bond acceptors (Lipinski definition) is 2. The second-order valence-electron chi connectivity index (χ2n) is 4.21. The highest BCUT2D eigenvalue weighted by atomic mass is 79.9. The number of halogens is 1. The quantitative estimate of drug-likeness (QED) is 0.767. The summed E-state index contributed by atoms with van der Waals surface area (Å²) in [5, 5.41) is 0. The fourth-order valence-corrected chi connectivity index (χ4v) is 3.28. The van der Waals surface area contributed by atoms with Gasteiger partial charge >= 0.3 is 0 Å². The Morgan fingerprint density at radius 1 is 1.25 bits per heavy atom. The summed E-state index contributed by atoms with van der Waals surface area (Å²) >= 11 is 5.62. The highest BCUT2D eigenvalue weighted by Crippen LogP contribution is 2.18. The van der Waals surface area contributed by atoms with Crippen molar-refractivity contribution in [1.82, 2.24) is 4.90 Å². The molecule has 0 unspecified atom stereocenters. The lowest BCUT2D eigenvalue weighted by Gasteiger charge is -2.27. The van der Waals surface area contributed by atoms with Gasteiger partial charge in [0.1, 0.15) is 0 Å². The fraction of sp³-hybridized carbons (Fsp3) is 0.538. The van der Waals surface area contributed by atoms with Crippen molar-refractivity contribution in [2.24, 2.45) is 0 Å². The molecule has 2 aliphatic rings. The lowest BCUT2D eigenvalue weighted by molar-refractivity contribution is 0.325. The molecule has 88 valence electrons. The Bertz CT molecular complexity index is 314. The zero-order valence-electron chi connectivity index (χ0n) is 9.49. The van der Waals surface area contributed by atoms with E-state index in [1.165, 1.54) is 35.5 Å². The maximum atomic E-state index is 3.54. The van der Waals surface area contributed by atoms with E-state index in [4.69, 9.17) is 0 Å². The van der Waals surface area contributed by atoms with Gasteiger partial charge < -0.3 is 0 Å². The molecule has 0 amide bonds. The van der Waals surface area contributed by atoms with Crippen molar-refractivity contribution in [3.05, 3.63) is 34.4 Å². The standard InChI is InChI=1S/C13H18BrNS/c14-13-4-2-1-3-12(5-6-13)11-15-7-9-16-10-8-15/h2,4-6H,1,3,7-11H2/b4-2-,12-5+,13-6+. The lowest BCUT2D eigenvalue weighted by Crippen LogP contribution is -2.34. The molecule has 3 heteroatoms. The maximum absolute atomic E-state index is 3.54. The van der Waals surface area contributed by atoms with Crippen LogP contribution >= 0.6 is 27.7 Å². The number of nitrogens with zero attached hydrogens (tertiary/aromatic N) is 1. The summed E-state index contributed by atoms with van der Waals surface area (Å²) in [6, 6.07) is 0. The Morgan fingerprint density at radius 2 is 2.06 bits per heavy atom. The van der Waals surface area contributed by atoms with Gasteiger partial charge in [-0.3, -0.25) is 4.90 Å². The van der Waals surface area contributed by atoms with Crippen LogP contribution < -0.4 is 0 Å². The van der Waals surface area contributed by atoms with E-state index in [9.17, 15) is 0 Å². The lowest BCUT2D eigenvalue weighted by atomic mass is 10.1. The van der Waals surface area contributed by atoms with Gasteiger partial charge in [0, 0.05) is 35.6 Å². The van der Waals surface area contributed by atoms with E-state index < -0.39 is 0 Å². The third-order valence-corrected chi connectivity index (χ3v) is 4.39. The first-order valence-electron chi connectivity index (χ1n) is 5.86. The molecule has 0 aromatic carbocycles. The minimum absolute atomic E-state index is 1.16. The van der Waals surface area contributed by atoms with Crippen LogP contribution in [0.4, 0.5) is 0 Å². The van der Waals surface area contributed by atoms with Gasteiger partial charge in [0.25, 0.3) is 0 Å². The van der Waals surface area contributed by atoms with Crippen LogP contribution in [0.3, 0.4) is 0 Å². The molecule has 0 atom stereocenters. The van der Waals surface area contributed by atoms with Gasteiger partial charge in [-0.15, -0.1) is 0 Å². The van der Waals surface area contributed by atoms with Gasteiger partial charge in [-0.1, -0.05) is 39.7 Å². The normalized spacial score (nSPS) is 31.8. The van der Waals surface area contributed by atoms with Gasteiger partial charge in [-0.2, -0.15) is 11.8 Å². The number of rotatable bonds is 2. The van der Waals surface area contributed by atoms with Crippen LogP contribution in [0.2, 0.25) is 0 Å². The van der Waals surface area contributed by atoms with Crippen molar-refractivity contribution in [1.29, 1.82) is 0 Å². The highest BCUT2D eigenvalue weighted by Gasteiger charge is 2.11. The molecule has 0 spiro atoms. The van der Waals surface area contributed by atoms with Crippen molar-refractivity contribution in [3.8, 4) is 0 Å². The van der Waals surface area contributed by atoms with Crippen molar-refractivity contribution in [2.45, 2.75) is 12.8 Å². The predicted molar refractivity (Wildman–Crippen MR) is 77.2 cm³/mol. The molecule has 0 bridgehead atoms. The van der Waals surface area contributed by atoms with Crippen LogP contribution in [0, 0.1) is 0 Å². The minimum Gasteiger partial charge on any atom is -0.298 e. The number of thioether (sulfide) groups is 1. The third kappa shape index (κ3) is 4.11. The molecule has 16 heavy (non-hydrogen) atoms. The van der Waals surface area contributed by atoms with E-state index in [1.807, 2.05) is 0 Å². The summed E-state index contributed by atoms with van der Waals surface area (Å²) < 4.78 is 1.18. The molecule has 1 aliphatic heterocycles. The average molecular weight is 300 g/mol. The summed E-state index contributed by atoms with van der Waals surface area (Å²) in [6.07, 6.45) is 11.2. The van der Waals surface area contributed by atoms with E-state index in [2.05, 4.69) is 56.9 Å². The monoisotopic (exact) mass is 299 g/mol. The Hall–Kier alpha value is 0.01000. The summed E-state index contributed by atoms with van der Waals surface area (Å²) in [5.41, 5.74) is 1.56. The van der Waals surface area contributed by atoms with Gasteiger partial charge in [0.15, 0.2) is 0 Å². The Balaban J connectivity index is 1.92. The molecule has 0 N–H and O–H groups in total. The predicted octanol–water partition coefficient (Wildman–Crippen LogP) is 3.59. The molecule has 0 aromatic rings. The van der Waals surface area contributed by atoms with Crippen LogP contribution in [0.5, 0.6) is 0 Å². The van der Waals surface area contributed by atoms with Crippen molar-refractivity contribution in [2.75, 3.05) is 31.1 Å². The maximum Gasteiger partial charge on any atom is 0.0196 e. The van der Waals surface area contributed by atoms with Crippen LogP contribution in [0.25, 0.3) is 0 Å². The van der Waals surface area contributed by atoms with Crippen LogP contribution in [0.1, 0.15) is 12.8 Å². The molecule has 2 rings (SSSR count). The largest absolute Gasteiger partial charge is 0.298 e. The zero-order valence-corrected chi connectivity index (χ0v) is 11.9. The van der Waals surface area contributed by atoms with Gasteiger partial charge in [0.05, 0.1) is 0 Å². The average Bonchev–Trinajstić information content (AvgIpc) is 2.30. The van der Waals surface area contributed by atoms with Gasteiger partial charge in [-0.25, -0.2) is 0 Å². The third-order valence-electron chi connectivity index (χ3n) is 2.92. The summed E-state index contributed by atoms with van der Waals surface area (Å²) in [6.45, 7) is 3.66. The summed E-state index contributed by atoms with van der Waals surface area (Å²) in [4.78, 5) is 2.58. The smallest absolute Gasteiger partial charge is 0.0196 e. The van der Waals surface area contributed by atoms with Crippen LogP contribution in [0.15, 0.2) is 34.4 Å². The van der Waals surface area contributed by atoms with E-state index in [0.717, 1.165) is 13.0 Å². The van der Waals surface area contributed by atoms with Gasteiger partial charge in [-0.05, 0) is 18.9 Å². The van der Waals surface area contributed by atoms with Crippen molar-refractivity contribution < 1.29 is 0 Å². The molecule has 1 aliphatic carbocycles. The van der Waals surface area contributed by atoms with E-state index in [1.54, 1.807) is 5.57 Å². The Labute approximate surface area is 111 Å². The topological polar surface area (TPSA) is 3.24 Å². The van der Waals surface area contributed by atoms with Crippen LogP contribution in [-0.2, 0) is 0 Å². The summed E-state index contributed by atoms with van der Waals surface area (Å²) in [7, 11) is 0. The molecule has 0 saturated carbocycles. The van der Waals surface area contributed by atoms with E-state index >= 15 is 0 Å². The van der Waals surface area contributed by atoms with Crippen molar-refractivity contribution in [3.63, 3.8) is 0 Å². The molecule has 0 radical (unpaired) electrons. The SMILES string of the molecule is BrC1=C/C=C(/CN2CCSCC2)CC/C=C\1. The molecule has 1 fully saturated rings. The minimum atomic E-state index is 1.16. The summed E-state index contributed by atoms with van der Waals surface area (Å²) in [5.74, 6) is 2.60. The molecular formula is C13H18BrNS. The molecular weight excluding hydrogens is 282 g/mol. The highest BCUT2D eigenvalue weighted by molar-refractivity contribution is 9.11. The molecule has 1 saturated heterocycles. The number of hydrogen-bond donors (Lipinski definition) is 0. The first-order valence-corrected chi connectivity index (χ1v) is 7.81. The van der Waals surface area contributed by atoms with Gasteiger partial charge in [0.2, 0.25) is 0 Å². The second kappa shape index (κ2) is 6.67.